The first-order valence-electron chi connectivity index (χ1n) is 44.3. The molecule has 6 heterocycles. The van der Waals surface area contributed by atoms with E-state index in [1.165, 1.54) is 116 Å². The van der Waals surface area contributed by atoms with E-state index in [1.54, 1.807) is 0 Å². The zero-order valence-corrected chi connectivity index (χ0v) is 80.5. The van der Waals surface area contributed by atoms with Crippen LogP contribution in [0, 0.1) is 31.2 Å². The van der Waals surface area contributed by atoms with Gasteiger partial charge in [0.25, 0.3) is 0 Å². The van der Waals surface area contributed by atoms with E-state index in [-0.39, 0.29) is 40.2 Å². The van der Waals surface area contributed by atoms with Crippen LogP contribution in [-0.4, -0.2) is 52.6 Å². The second-order valence-corrected chi connectivity index (χ2v) is 35.0. The predicted molar refractivity (Wildman–Crippen MR) is 521 cm³/mol. The van der Waals surface area contributed by atoms with Crippen molar-refractivity contribution in [2.75, 3.05) is 0 Å². The summed E-state index contributed by atoms with van der Waals surface area (Å²) in [6.07, 6.45) is 11.9. The largest absolute Gasteiger partial charge is 0.351 e. The molecule has 2 radical (unpaired) electrons. The van der Waals surface area contributed by atoms with Crippen LogP contribution in [0.3, 0.4) is 0 Å². The third-order valence-corrected chi connectivity index (χ3v) is 23.9. The van der Waals surface area contributed by atoms with E-state index in [0.29, 0.717) is 47.3 Å². The van der Waals surface area contributed by atoms with Gasteiger partial charge in [-0.2, -0.15) is 5.10 Å². The molecule has 6 aromatic heterocycles. The van der Waals surface area contributed by atoms with Gasteiger partial charge in [0.15, 0.2) is 5.82 Å². The topological polar surface area (TPSA) is 94.0 Å². The van der Waals surface area contributed by atoms with Crippen LogP contribution in [0.1, 0.15) is 208 Å². The molecule has 127 heavy (non-hydrogen) atoms. The normalized spacial score (nSPS) is 11.5. The minimum Gasteiger partial charge on any atom is -0.351 e. The van der Waals surface area contributed by atoms with Crippen LogP contribution in [0.2, 0.25) is 0 Å². The molecule has 19 aromatic rings. The summed E-state index contributed by atoms with van der Waals surface area (Å²) >= 11 is 0. The first-order chi connectivity index (χ1) is 60.7. The summed E-state index contributed by atoms with van der Waals surface area (Å²) in [6.45, 7) is 38.1. The fourth-order valence-corrected chi connectivity index (χ4v) is 17.7. The SMILES string of the molecule is CC(C)c1cccc(C(C)C)c1-n1ccnc1-c1[c-]cc(-n2c3ccccc3c3ccccc32)cc1.CC(C)c1cccc(C(C)C)c1-n1ccnc1-c1[c-]cc(-n2c3ccccc3c3ccccc32)cc1.CC(C)c1cccc(C(C)C)c1-n1ccnc1-c1[c-]cccc1.Cc1ccccc1-c1nnc(-c2[c-]cccc2)n1-c1c(C(C)C)cccc1C(C)C.[Ir].[Ir]. The number of nitrogens with zero attached hydrogens (tertiary/aromatic N) is 11. The van der Waals surface area contributed by atoms with Crippen molar-refractivity contribution in [3.63, 3.8) is 0 Å². The average molecular weight is 2020 g/mol. The molecule has 19 rings (SSSR count). The smallest absolute Gasteiger partial charge is 0.159 e. The third kappa shape index (κ3) is 18.3. The van der Waals surface area contributed by atoms with Crippen molar-refractivity contribution in [2.24, 2.45) is 0 Å². The third-order valence-electron chi connectivity index (χ3n) is 23.9. The van der Waals surface area contributed by atoms with Gasteiger partial charge in [-0.05, 0) is 140 Å². The average Bonchev–Trinajstić information content (AvgIpc) is 1.62. The number of hydrogen-bond donors (Lipinski definition) is 0. The second kappa shape index (κ2) is 40.0. The Balaban J connectivity index is 0.000000138. The molecule has 0 saturated carbocycles. The molecule has 0 aliphatic rings. The Morgan fingerprint density at radius 2 is 0.520 bits per heavy atom. The molecule has 13 aromatic carbocycles. The maximum absolute atomic E-state index is 4.78. The molecule has 0 atom stereocenters. The molecular weight excluding hydrogens is 1910 g/mol. The van der Waals surface area contributed by atoms with Crippen LogP contribution in [0.5, 0.6) is 0 Å². The number of benzene rings is 13. The molecule has 11 nitrogen and oxygen atoms in total. The van der Waals surface area contributed by atoms with E-state index in [2.05, 4.69) is 441 Å². The van der Waals surface area contributed by atoms with E-state index in [1.807, 2.05) is 55.0 Å². The van der Waals surface area contributed by atoms with Crippen LogP contribution >= 0.6 is 0 Å². The maximum Gasteiger partial charge on any atom is 0.159 e. The monoisotopic (exact) mass is 2020 g/mol. The van der Waals surface area contributed by atoms with E-state index in [9.17, 15) is 0 Å². The second-order valence-electron chi connectivity index (χ2n) is 35.0. The van der Waals surface area contributed by atoms with Crippen LogP contribution in [0.15, 0.2) is 316 Å². The summed E-state index contributed by atoms with van der Waals surface area (Å²) < 4.78 is 13.6. The zero-order chi connectivity index (χ0) is 87.3. The van der Waals surface area contributed by atoms with Crippen LogP contribution < -0.4 is 0 Å². The summed E-state index contributed by atoms with van der Waals surface area (Å²) in [6, 6.07) is 112. The molecule has 0 N–H and O–H groups in total. The van der Waals surface area contributed by atoms with E-state index >= 15 is 0 Å². The Bertz CT molecular complexity index is 6480. The van der Waals surface area contributed by atoms with Gasteiger partial charge in [-0.15, -0.1) is 137 Å². The molecule has 0 aliphatic carbocycles. The summed E-state index contributed by atoms with van der Waals surface area (Å²) in [5.41, 5.74) is 28.8. The molecule has 13 heteroatoms. The van der Waals surface area contributed by atoms with Gasteiger partial charge in [0, 0.05) is 149 Å². The standard InChI is InChI=1S/2C33H30N3.C27H28N3.C21H23N2.2Ir/c2*1-22(2)26-12-9-13-27(23(3)4)32(26)35-21-20-34-33(35)24-16-18-25(19-17-24)36-30-14-7-5-10-28(30)29-11-6-8-15-31(29)36;1-18(2)22-16-11-17-23(19(3)4)25(22)30-26(21-13-7-6-8-14-21)28-29-27(30)24-15-10-9-12-20(24)5;1-15(2)18-11-8-12-19(16(3)4)20(18)23-14-13-22-21(23)17-9-6-5-7-10-17;;/h2*5-16,18-23H,1-4H3;6-13,15-19H,1-5H3;5-9,11-16H,1-4H3;;/q4*-1;;. The first kappa shape index (κ1) is 90.8. The minimum atomic E-state index is 0. The van der Waals surface area contributed by atoms with Crippen molar-refractivity contribution in [3.8, 4) is 91.1 Å². The van der Waals surface area contributed by atoms with Crippen molar-refractivity contribution in [2.45, 2.75) is 165 Å². The van der Waals surface area contributed by atoms with Gasteiger partial charge in [0.05, 0.1) is 23.3 Å². The molecule has 0 fully saturated rings. The Morgan fingerprint density at radius 1 is 0.244 bits per heavy atom. The molecule has 0 aliphatic heterocycles. The molecule has 0 spiro atoms. The number of aromatic nitrogens is 11. The van der Waals surface area contributed by atoms with Crippen molar-refractivity contribution >= 4 is 43.6 Å². The van der Waals surface area contributed by atoms with Crippen LogP contribution in [0.4, 0.5) is 0 Å². The Hall–Kier alpha value is -12.5. The quantitative estimate of drug-likeness (QED) is 0.0752. The zero-order valence-electron chi connectivity index (χ0n) is 75.7. The summed E-state index contributed by atoms with van der Waals surface area (Å²) in [5, 5.41) is 14.4. The van der Waals surface area contributed by atoms with Crippen molar-refractivity contribution in [1.29, 1.82) is 0 Å². The Labute approximate surface area is 777 Å². The summed E-state index contributed by atoms with van der Waals surface area (Å²) in [4.78, 5) is 14.2. The number of aryl methyl sites for hydroxylation is 1. The van der Waals surface area contributed by atoms with Gasteiger partial charge >= 0.3 is 0 Å². The molecular formula is C114H111Ir2N11-4. The molecule has 0 bridgehead atoms. The molecule has 644 valence electrons. The van der Waals surface area contributed by atoms with E-state index in [0.717, 1.165) is 68.3 Å². The predicted octanol–water partition coefficient (Wildman–Crippen LogP) is 29.9. The van der Waals surface area contributed by atoms with Gasteiger partial charge in [-0.25, -0.2) is 0 Å². The van der Waals surface area contributed by atoms with E-state index < -0.39 is 0 Å². The van der Waals surface area contributed by atoms with Gasteiger partial charge in [-0.3, -0.25) is 15.0 Å². The van der Waals surface area contributed by atoms with Gasteiger partial charge in [0.1, 0.15) is 0 Å². The van der Waals surface area contributed by atoms with Crippen LogP contribution in [0.25, 0.3) is 135 Å². The fourth-order valence-electron chi connectivity index (χ4n) is 17.7. The number of para-hydroxylation sites is 8. The van der Waals surface area contributed by atoms with Crippen molar-refractivity contribution in [1.82, 2.24) is 52.6 Å². The van der Waals surface area contributed by atoms with Gasteiger partial charge in [0.2, 0.25) is 0 Å². The van der Waals surface area contributed by atoms with E-state index in [4.69, 9.17) is 15.1 Å². The van der Waals surface area contributed by atoms with Crippen molar-refractivity contribution in [3.05, 3.63) is 391 Å². The fraction of sp³-hybridized carbons (Fsp3) is 0.219. The van der Waals surface area contributed by atoms with Crippen LogP contribution in [-0.2, 0) is 40.2 Å². The first-order valence-corrected chi connectivity index (χ1v) is 44.3. The Kier molecular flexibility index (Phi) is 28.6. The number of rotatable bonds is 19. The van der Waals surface area contributed by atoms with Crippen molar-refractivity contribution < 1.29 is 40.2 Å². The maximum atomic E-state index is 4.78. The van der Waals surface area contributed by atoms with Gasteiger partial charge < -0.3 is 27.4 Å². The Morgan fingerprint density at radius 3 is 0.811 bits per heavy atom. The number of imidazole rings is 3. The molecule has 0 saturated heterocycles. The summed E-state index contributed by atoms with van der Waals surface area (Å²) in [7, 11) is 0. The molecule has 0 amide bonds. The number of fused-ring (bicyclic) bond motifs is 6. The van der Waals surface area contributed by atoms with Gasteiger partial charge in [-0.1, -0.05) is 281 Å². The number of hydrogen-bond acceptors (Lipinski definition) is 5. The molecule has 0 unspecified atom stereocenters. The minimum absolute atomic E-state index is 0. The summed E-state index contributed by atoms with van der Waals surface area (Å²) in [5.74, 6) is 7.78.